The number of carbonyl (C=O) groups is 1. The van der Waals surface area contributed by atoms with E-state index in [4.69, 9.17) is 9.15 Å². The summed E-state index contributed by atoms with van der Waals surface area (Å²) in [7, 11) is 0. The smallest absolute Gasteiger partial charge is 0.332 e. The zero-order valence-electron chi connectivity index (χ0n) is 20.4. The molecular formula is C26H25F2N3O6S. The number of carboxylic acid groups (broad SMARTS) is 1. The van der Waals surface area contributed by atoms with Gasteiger partial charge in [-0.15, -0.1) is 11.3 Å². The van der Waals surface area contributed by atoms with Crippen LogP contribution < -0.4 is 11.2 Å². The van der Waals surface area contributed by atoms with Crippen LogP contribution in [0.5, 0.6) is 0 Å². The van der Waals surface area contributed by atoms with Crippen LogP contribution in [0, 0.1) is 6.92 Å². The highest BCUT2D eigenvalue weighted by Gasteiger charge is 2.36. The molecule has 0 amide bonds. The van der Waals surface area contributed by atoms with Crippen LogP contribution in [0.3, 0.4) is 0 Å². The van der Waals surface area contributed by atoms with Crippen molar-refractivity contribution in [3.05, 3.63) is 74.8 Å². The molecule has 4 aromatic rings. The second-order valence-corrected chi connectivity index (χ2v) is 10.3. The Bertz CT molecular complexity index is 1570. The Morgan fingerprint density at radius 2 is 1.95 bits per heavy atom. The number of aliphatic carboxylic acids is 1. The van der Waals surface area contributed by atoms with Crippen LogP contribution in [0.15, 0.2) is 56.8 Å². The summed E-state index contributed by atoms with van der Waals surface area (Å²) in [6.45, 7) is 0.815. The minimum absolute atomic E-state index is 0.0584. The number of benzene rings is 1. The number of ether oxygens (including phenoxy) is 1. The fourth-order valence-electron chi connectivity index (χ4n) is 4.81. The van der Waals surface area contributed by atoms with Crippen molar-refractivity contribution in [1.29, 1.82) is 0 Å². The van der Waals surface area contributed by atoms with E-state index in [2.05, 4.69) is 4.98 Å². The predicted molar refractivity (Wildman–Crippen MR) is 136 cm³/mol. The molecule has 0 radical (unpaired) electrons. The topological polar surface area (TPSA) is 117 Å². The third-order valence-electron chi connectivity index (χ3n) is 6.75. The van der Waals surface area contributed by atoms with E-state index < -0.39 is 41.9 Å². The Kier molecular flexibility index (Phi) is 7.01. The van der Waals surface area contributed by atoms with Crippen LogP contribution in [0.25, 0.3) is 21.0 Å². The number of aryl methyl sites for hydroxylation is 1. The van der Waals surface area contributed by atoms with Crippen LogP contribution in [0.1, 0.15) is 42.9 Å². The van der Waals surface area contributed by atoms with Crippen LogP contribution >= 0.6 is 11.3 Å². The van der Waals surface area contributed by atoms with Gasteiger partial charge in [-0.25, -0.2) is 23.1 Å². The molecule has 0 bridgehead atoms. The average Bonchev–Trinajstić information content (AvgIpc) is 3.53. The molecule has 12 heteroatoms. The summed E-state index contributed by atoms with van der Waals surface area (Å²) in [6.07, 6.45) is 1.48. The maximum absolute atomic E-state index is 13.8. The molecule has 1 aromatic carbocycles. The quantitative estimate of drug-likeness (QED) is 0.344. The number of aromatic nitrogens is 3. The lowest BCUT2D eigenvalue weighted by Gasteiger charge is -2.32. The number of nitrogens with zero attached hydrogens (tertiary/aromatic N) is 3. The summed E-state index contributed by atoms with van der Waals surface area (Å²) < 4.78 is 41.3. The molecule has 1 fully saturated rings. The minimum atomic E-state index is -2.72. The Morgan fingerprint density at radius 1 is 1.24 bits per heavy atom. The van der Waals surface area contributed by atoms with Crippen molar-refractivity contribution < 1.29 is 27.8 Å². The van der Waals surface area contributed by atoms with Gasteiger partial charge in [0.25, 0.3) is 5.56 Å². The van der Waals surface area contributed by atoms with Crippen molar-refractivity contribution in [3.8, 4) is 10.8 Å². The van der Waals surface area contributed by atoms with E-state index >= 15 is 0 Å². The van der Waals surface area contributed by atoms with E-state index in [1.54, 1.807) is 19.1 Å². The van der Waals surface area contributed by atoms with Gasteiger partial charge in [-0.2, -0.15) is 0 Å². The molecule has 38 heavy (non-hydrogen) atoms. The van der Waals surface area contributed by atoms with Crippen molar-refractivity contribution in [2.24, 2.45) is 0 Å². The third kappa shape index (κ3) is 5.05. The number of thiophene rings is 1. The first-order valence-corrected chi connectivity index (χ1v) is 12.9. The van der Waals surface area contributed by atoms with Crippen molar-refractivity contribution in [1.82, 2.24) is 14.1 Å². The third-order valence-corrected chi connectivity index (χ3v) is 8.06. The van der Waals surface area contributed by atoms with Gasteiger partial charge in [0.2, 0.25) is 11.8 Å². The molecule has 1 N–H and O–H groups in total. The van der Waals surface area contributed by atoms with E-state index in [1.807, 2.05) is 18.2 Å². The number of rotatable bonds is 8. The average molecular weight is 546 g/mol. The summed E-state index contributed by atoms with van der Waals surface area (Å²) >= 11 is 1.14. The number of hydrogen-bond acceptors (Lipinski definition) is 7. The molecule has 0 saturated heterocycles. The van der Waals surface area contributed by atoms with Crippen LogP contribution in [0.4, 0.5) is 8.78 Å². The first-order valence-electron chi connectivity index (χ1n) is 12.1. The molecule has 0 unspecified atom stereocenters. The lowest BCUT2D eigenvalue weighted by Crippen LogP contribution is -2.42. The van der Waals surface area contributed by atoms with Crippen LogP contribution in [-0.4, -0.2) is 37.2 Å². The number of halogens is 2. The van der Waals surface area contributed by atoms with E-state index in [0.717, 1.165) is 16.9 Å². The van der Waals surface area contributed by atoms with Gasteiger partial charge in [-0.05, 0) is 30.9 Å². The van der Waals surface area contributed by atoms with Crippen molar-refractivity contribution in [2.75, 3.05) is 0 Å². The molecule has 3 aromatic heterocycles. The van der Waals surface area contributed by atoms with Gasteiger partial charge in [0, 0.05) is 12.8 Å². The highest BCUT2D eigenvalue weighted by atomic mass is 32.1. The normalized spacial score (nSPS) is 16.6. The summed E-state index contributed by atoms with van der Waals surface area (Å²) in [4.78, 5) is 43.4. The van der Waals surface area contributed by atoms with E-state index in [-0.39, 0.29) is 43.5 Å². The maximum Gasteiger partial charge on any atom is 0.332 e. The number of alkyl halides is 2. The van der Waals surface area contributed by atoms with Crippen molar-refractivity contribution >= 4 is 27.5 Å². The predicted octanol–water partition coefficient (Wildman–Crippen LogP) is 4.61. The molecule has 1 aliphatic carbocycles. The van der Waals surface area contributed by atoms with Crippen molar-refractivity contribution in [2.45, 2.75) is 63.8 Å². The Labute approximate surface area is 218 Å². The first-order chi connectivity index (χ1) is 18.1. The number of carboxylic acids is 1. The number of fused-ring (bicyclic) bond motifs is 1. The summed E-state index contributed by atoms with van der Waals surface area (Å²) in [6, 6.07) is 9.07. The molecule has 0 aliphatic heterocycles. The monoisotopic (exact) mass is 545 g/mol. The summed E-state index contributed by atoms with van der Waals surface area (Å²) in [5.74, 6) is -3.79. The lowest BCUT2D eigenvalue weighted by molar-refractivity contribution is -0.137. The van der Waals surface area contributed by atoms with Gasteiger partial charge in [0.05, 0.1) is 29.1 Å². The molecule has 1 atom stereocenters. The zero-order chi connectivity index (χ0) is 27.0. The van der Waals surface area contributed by atoms with E-state index in [0.29, 0.717) is 19.8 Å². The molecule has 9 nitrogen and oxygen atoms in total. The summed E-state index contributed by atoms with van der Waals surface area (Å²) in [5, 5.41) is 9.59. The fourth-order valence-corrected chi connectivity index (χ4v) is 6.05. The van der Waals surface area contributed by atoms with Crippen molar-refractivity contribution in [3.63, 3.8) is 0 Å². The SMILES string of the molecule is Cc1c(-c2ncco2)sc2c1c(=O)n(CC(=O)O)c(=O)n2C[C@H](OC1CCC(F)(F)CC1)c1ccccc1. The second kappa shape index (κ2) is 10.3. The molecule has 3 heterocycles. The van der Waals surface area contributed by atoms with Gasteiger partial charge in [-0.1, -0.05) is 30.3 Å². The van der Waals surface area contributed by atoms with E-state index in [9.17, 15) is 28.3 Å². The molecule has 0 spiro atoms. The highest BCUT2D eigenvalue weighted by molar-refractivity contribution is 7.22. The van der Waals surface area contributed by atoms with Crippen LogP contribution in [0.2, 0.25) is 0 Å². The van der Waals surface area contributed by atoms with E-state index in [1.165, 1.54) is 17.0 Å². The number of oxazole rings is 1. The van der Waals surface area contributed by atoms with Gasteiger partial charge >= 0.3 is 11.7 Å². The van der Waals surface area contributed by atoms with Gasteiger partial charge in [0.15, 0.2) is 0 Å². The molecule has 200 valence electrons. The second-order valence-electron chi connectivity index (χ2n) is 9.34. The molecular weight excluding hydrogens is 520 g/mol. The largest absolute Gasteiger partial charge is 0.480 e. The zero-order valence-corrected chi connectivity index (χ0v) is 21.2. The Hall–Kier alpha value is -3.64. The molecule has 1 aliphatic rings. The lowest BCUT2D eigenvalue weighted by atomic mass is 9.94. The summed E-state index contributed by atoms with van der Waals surface area (Å²) in [5.41, 5.74) is -0.286. The Balaban J connectivity index is 1.64. The van der Waals surface area contributed by atoms with Crippen LogP contribution in [-0.2, 0) is 22.6 Å². The minimum Gasteiger partial charge on any atom is -0.480 e. The standard InChI is InChI=1S/C26H25F2N3O6S/c1-15-20-23(34)30(14-19(32)33)25(35)31(24(20)38-21(15)22-29-11-12-36-22)13-18(16-5-3-2-4-6-16)37-17-7-9-26(27,28)10-8-17/h2-6,11-12,17-18H,7-10,13-14H2,1H3,(H,32,33)/t18-/m0/s1. The van der Waals surface area contributed by atoms with Gasteiger partial charge < -0.3 is 14.3 Å². The highest BCUT2D eigenvalue weighted by Crippen LogP contribution is 2.38. The molecule has 1 saturated carbocycles. The maximum atomic E-state index is 13.8. The Morgan fingerprint density at radius 3 is 2.58 bits per heavy atom. The van der Waals surface area contributed by atoms with Gasteiger partial charge in [-0.3, -0.25) is 14.2 Å². The number of hydrogen-bond donors (Lipinski definition) is 1. The van der Waals surface area contributed by atoms with Gasteiger partial charge in [0.1, 0.15) is 23.7 Å². The molecule has 5 rings (SSSR count). The fraction of sp³-hybridized carbons (Fsp3) is 0.385. The first kappa shape index (κ1) is 26.0.